The van der Waals surface area contributed by atoms with Gasteiger partial charge in [-0.2, -0.15) is 15.6 Å². The highest BCUT2D eigenvalue weighted by Gasteiger charge is 2.21. The fourth-order valence-electron chi connectivity index (χ4n) is 2.42. The highest BCUT2D eigenvalue weighted by Crippen LogP contribution is 2.03. The maximum Gasteiger partial charge on any atom is 0.0839 e. The predicted octanol–water partition coefficient (Wildman–Crippen LogP) is -1.91. The number of rotatable bonds is 13. The van der Waals surface area contributed by atoms with Gasteiger partial charge in [0.15, 0.2) is 0 Å². The van der Waals surface area contributed by atoms with E-state index in [0.717, 1.165) is 6.54 Å². The average molecular weight is 350 g/mol. The van der Waals surface area contributed by atoms with E-state index in [1.165, 1.54) is 0 Å². The van der Waals surface area contributed by atoms with Crippen molar-refractivity contribution in [1.29, 1.82) is 0 Å². The fraction of sp³-hybridized carbons (Fsp3) is 1.00. The third-order valence-corrected chi connectivity index (χ3v) is 3.10. The van der Waals surface area contributed by atoms with Gasteiger partial charge in [0.2, 0.25) is 0 Å². The van der Waals surface area contributed by atoms with E-state index >= 15 is 0 Å². The summed E-state index contributed by atoms with van der Waals surface area (Å²) in [5.41, 5.74) is 9.53. The molecule has 146 valence electrons. The first-order valence-electron chi connectivity index (χ1n) is 8.10. The first-order chi connectivity index (χ1) is 11.1. The molecule has 0 aromatic heterocycles. The average Bonchev–Trinajstić information content (AvgIpc) is 2.44. The third kappa shape index (κ3) is 8.09. The number of nitrogens with zero attached hydrogens (tertiary/aromatic N) is 8. The van der Waals surface area contributed by atoms with Crippen LogP contribution in [0.2, 0.25) is 0 Å². The molecule has 11 heteroatoms. The molecular formula is C13H39N11. The smallest absolute Gasteiger partial charge is 0.0839 e. The Labute approximate surface area is 148 Å². The SMILES string of the molecule is CCN(CN(CNN(N(C)C)N(C)C)NNC)N(N(C)C)N(C)C. The Hall–Kier alpha value is -0.440. The van der Waals surface area contributed by atoms with Gasteiger partial charge >= 0.3 is 0 Å². The molecule has 3 N–H and O–H groups in total. The Kier molecular flexibility index (Phi) is 11.8. The van der Waals surface area contributed by atoms with Crippen LogP contribution < -0.4 is 16.4 Å². The Morgan fingerprint density at radius 2 is 1.25 bits per heavy atom. The Morgan fingerprint density at radius 1 is 0.750 bits per heavy atom. The molecule has 11 nitrogen and oxygen atoms in total. The maximum absolute atomic E-state index is 3.37. The molecular weight excluding hydrogens is 310 g/mol. The van der Waals surface area contributed by atoms with E-state index in [2.05, 4.69) is 33.5 Å². The van der Waals surface area contributed by atoms with Gasteiger partial charge in [-0.1, -0.05) is 6.92 Å². The fourth-order valence-corrected chi connectivity index (χ4v) is 2.42. The summed E-state index contributed by atoms with van der Waals surface area (Å²) in [5.74, 6) is 0. The molecule has 0 aromatic rings. The van der Waals surface area contributed by atoms with E-state index < -0.39 is 0 Å². The number of hydrogen-bond acceptors (Lipinski definition) is 11. The largest absolute Gasteiger partial charge is 0.247 e. The molecule has 0 aliphatic rings. The lowest BCUT2D eigenvalue weighted by atomic mass is 10.7. The van der Waals surface area contributed by atoms with Crippen molar-refractivity contribution >= 4 is 0 Å². The number of hydrazine groups is 8. The van der Waals surface area contributed by atoms with Crippen LogP contribution in [0.4, 0.5) is 0 Å². The molecule has 0 unspecified atom stereocenters. The van der Waals surface area contributed by atoms with E-state index in [1.807, 2.05) is 93.7 Å². The predicted molar refractivity (Wildman–Crippen MR) is 97.7 cm³/mol. The topological polar surface area (TPSA) is 62.0 Å². The Morgan fingerprint density at radius 3 is 1.58 bits per heavy atom. The van der Waals surface area contributed by atoms with Crippen LogP contribution >= 0.6 is 0 Å². The van der Waals surface area contributed by atoms with Crippen LogP contribution in [0.3, 0.4) is 0 Å². The first-order valence-corrected chi connectivity index (χ1v) is 8.10. The molecule has 0 heterocycles. The van der Waals surface area contributed by atoms with E-state index in [4.69, 9.17) is 0 Å². The van der Waals surface area contributed by atoms with Gasteiger partial charge in [-0.05, 0) is 7.05 Å². The van der Waals surface area contributed by atoms with Crippen LogP contribution in [0.1, 0.15) is 6.92 Å². The van der Waals surface area contributed by atoms with Gasteiger partial charge < -0.3 is 0 Å². The van der Waals surface area contributed by atoms with Crippen LogP contribution in [-0.4, -0.2) is 124 Å². The zero-order chi connectivity index (χ0) is 18.9. The maximum atomic E-state index is 3.37. The third-order valence-electron chi connectivity index (χ3n) is 3.10. The lowest BCUT2D eigenvalue weighted by molar-refractivity contribution is -0.289. The van der Waals surface area contributed by atoms with Crippen LogP contribution in [-0.2, 0) is 0 Å². The van der Waals surface area contributed by atoms with Crippen molar-refractivity contribution in [1.82, 2.24) is 56.9 Å². The van der Waals surface area contributed by atoms with Gasteiger partial charge in [0.05, 0.1) is 13.3 Å². The van der Waals surface area contributed by atoms with E-state index in [1.54, 1.807) is 0 Å². The summed E-state index contributed by atoms with van der Waals surface area (Å²) in [6.07, 6.45) is 0. The minimum Gasteiger partial charge on any atom is -0.247 e. The number of hydrogen-bond donors (Lipinski definition) is 3. The minimum absolute atomic E-state index is 0.600. The zero-order valence-electron chi connectivity index (χ0n) is 17.2. The van der Waals surface area contributed by atoms with Gasteiger partial charge in [-0.3, -0.25) is 0 Å². The van der Waals surface area contributed by atoms with Gasteiger partial charge in [0.1, 0.15) is 0 Å². The molecule has 0 bridgehead atoms. The Bertz CT molecular complexity index is 294. The summed E-state index contributed by atoms with van der Waals surface area (Å²) in [6, 6.07) is 0. The molecule has 0 atom stereocenters. The van der Waals surface area contributed by atoms with E-state index in [9.17, 15) is 0 Å². The zero-order valence-corrected chi connectivity index (χ0v) is 17.2. The first kappa shape index (κ1) is 23.6. The standard InChI is InChI=1S/C13H39N11/c1-11-22(24(19(7)8)20(9)10)13-21(16-14-2)12-15-23(17(3)4)18(5)6/h14-16H,11-13H2,1-10H3. The van der Waals surface area contributed by atoms with E-state index in [0.29, 0.717) is 13.3 Å². The molecule has 24 heavy (non-hydrogen) atoms. The van der Waals surface area contributed by atoms with Crippen LogP contribution in [0.25, 0.3) is 0 Å². The van der Waals surface area contributed by atoms with Crippen LogP contribution in [0, 0.1) is 0 Å². The highest BCUT2D eigenvalue weighted by molar-refractivity contribution is 4.51. The molecule has 0 fully saturated rings. The van der Waals surface area contributed by atoms with Crippen LogP contribution in [0.15, 0.2) is 0 Å². The molecule has 0 aliphatic heterocycles. The highest BCUT2D eigenvalue weighted by atomic mass is 16.0. The number of nitrogens with one attached hydrogen (secondary N) is 3. The molecule has 0 spiro atoms. The molecule has 0 aliphatic carbocycles. The lowest BCUT2D eigenvalue weighted by Crippen LogP contribution is -2.64. The summed E-state index contributed by atoms with van der Waals surface area (Å²) in [5, 5.41) is 16.3. The Balaban J connectivity index is 4.90. The van der Waals surface area contributed by atoms with Gasteiger partial charge in [0.25, 0.3) is 0 Å². The molecule has 0 saturated carbocycles. The molecule has 0 amide bonds. The van der Waals surface area contributed by atoms with E-state index in [-0.39, 0.29) is 0 Å². The second kappa shape index (κ2) is 12.0. The lowest BCUT2D eigenvalue weighted by Gasteiger charge is -2.44. The van der Waals surface area contributed by atoms with Crippen molar-refractivity contribution in [2.45, 2.75) is 6.92 Å². The van der Waals surface area contributed by atoms with Crippen molar-refractivity contribution in [3.05, 3.63) is 0 Å². The van der Waals surface area contributed by atoms with Gasteiger partial charge in [-0.15, -0.1) is 10.5 Å². The normalized spacial score (nSPS) is 13.2. The summed E-state index contributed by atoms with van der Waals surface area (Å²) < 4.78 is 0. The summed E-state index contributed by atoms with van der Waals surface area (Å²) in [6.45, 7) is 4.28. The van der Waals surface area contributed by atoms with Crippen LogP contribution in [0.5, 0.6) is 0 Å². The second-order valence-corrected chi connectivity index (χ2v) is 6.13. The summed E-state index contributed by atoms with van der Waals surface area (Å²) in [4.78, 5) is 0. The molecule has 0 saturated heterocycles. The summed E-state index contributed by atoms with van der Waals surface area (Å²) >= 11 is 0. The second-order valence-electron chi connectivity index (χ2n) is 6.13. The minimum atomic E-state index is 0.600. The molecule has 0 aromatic carbocycles. The van der Waals surface area contributed by atoms with Crippen molar-refractivity contribution in [3.63, 3.8) is 0 Å². The van der Waals surface area contributed by atoms with Crippen molar-refractivity contribution in [2.75, 3.05) is 83.3 Å². The molecule has 0 radical (unpaired) electrons. The monoisotopic (exact) mass is 349 g/mol. The van der Waals surface area contributed by atoms with Crippen molar-refractivity contribution < 1.29 is 0 Å². The van der Waals surface area contributed by atoms with Crippen molar-refractivity contribution in [2.24, 2.45) is 0 Å². The molecule has 0 rings (SSSR count). The summed E-state index contributed by atoms with van der Waals surface area (Å²) in [7, 11) is 17.9. The van der Waals surface area contributed by atoms with Gasteiger partial charge in [-0.25, -0.2) is 30.9 Å². The quantitative estimate of drug-likeness (QED) is 0.258. The van der Waals surface area contributed by atoms with Crippen molar-refractivity contribution in [3.8, 4) is 0 Å². The van der Waals surface area contributed by atoms with Gasteiger partial charge in [0, 0.05) is 62.9 Å².